The van der Waals surface area contributed by atoms with E-state index in [0.29, 0.717) is 18.6 Å². The summed E-state index contributed by atoms with van der Waals surface area (Å²) in [6.07, 6.45) is -0.499. The van der Waals surface area contributed by atoms with E-state index in [1.54, 1.807) is 24.3 Å². The van der Waals surface area contributed by atoms with Crippen molar-refractivity contribution >= 4 is 18.7 Å². The maximum atomic E-state index is 11.5. The molecule has 1 N–H and O–H groups in total. The van der Waals surface area contributed by atoms with E-state index in [2.05, 4.69) is 0 Å². The maximum Gasteiger partial charge on any atom is 0.563 e. The predicted molar refractivity (Wildman–Crippen MR) is 63.5 cm³/mol. The van der Waals surface area contributed by atoms with Gasteiger partial charge in [-0.05, 0) is 19.3 Å². The first kappa shape index (κ1) is 12.6. The second-order valence-electron chi connectivity index (χ2n) is 3.32. The van der Waals surface area contributed by atoms with E-state index in [4.69, 9.17) is 4.65 Å². The highest BCUT2D eigenvalue weighted by Gasteiger charge is 2.23. The van der Waals surface area contributed by atoms with E-state index in [0.717, 1.165) is 0 Å². The van der Waals surface area contributed by atoms with Crippen LogP contribution in [0.5, 0.6) is 0 Å². The number of amides is 1. The molecule has 0 aliphatic carbocycles. The molecule has 4 nitrogen and oxygen atoms in total. The van der Waals surface area contributed by atoms with Crippen molar-refractivity contribution in [3.05, 3.63) is 30.3 Å². The summed E-state index contributed by atoms with van der Waals surface area (Å²) in [5.41, 5.74) is 0.572. The fraction of sp³-hybridized carbons (Fsp3) is 0.364. The number of hydrogen-bond acceptors (Lipinski definition) is 3. The number of nitrogens with zero attached hydrogens (tertiary/aromatic N) is 1. The second kappa shape index (κ2) is 6.17. The zero-order valence-electron chi connectivity index (χ0n) is 9.59. The van der Waals surface area contributed by atoms with Crippen LogP contribution in [0.1, 0.15) is 13.8 Å². The van der Waals surface area contributed by atoms with E-state index in [1.165, 1.54) is 4.90 Å². The summed E-state index contributed by atoms with van der Waals surface area (Å²) >= 11 is 0. The number of carbonyl (C=O) groups is 1. The minimum atomic E-state index is -1.20. The lowest BCUT2D eigenvalue weighted by Gasteiger charge is -2.19. The van der Waals surface area contributed by atoms with Gasteiger partial charge in [-0.3, -0.25) is 0 Å². The SMILES string of the molecule is CCN(CC)C(=O)OB(O)c1ccccc1. The smallest absolute Gasteiger partial charge is 0.489 e. The lowest BCUT2D eigenvalue weighted by Crippen LogP contribution is -2.41. The van der Waals surface area contributed by atoms with Crippen LogP contribution < -0.4 is 5.46 Å². The van der Waals surface area contributed by atoms with Gasteiger partial charge in [0.1, 0.15) is 0 Å². The molecule has 0 radical (unpaired) electrons. The van der Waals surface area contributed by atoms with Crippen molar-refractivity contribution in [3.63, 3.8) is 0 Å². The van der Waals surface area contributed by atoms with Crippen molar-refractivity contribution in [2.24, 2.45) is 0 Å². The second-order valence-corrected chi connectivity index (χ2v) is 3.32. The highest BCUT2D eigenvalue weighted by atomic mass is 16.6. The highest BCUT2D eigenvalue weighted by Crippen LogP contribution is 1.96. The molecule has 1 rings (SSSR count). The Morgan fingerprint density at radius 3 is 2.38 bits per heavy atom. The Hall–Kier alpha value is -1.49. The monoisotopic (exact) mass is 221 g/mol. The minimum absolute atomic E-state index is 0.499. The van der Waals surface area contributed by atoms with Crippen molar-refractivity contribution in [1.29, 1.82) is 0 Å². The standard InChI is InChI=1S/C11H16BNO3/c1-3-13(4-2)11(14)16-12(15)10-8-6-5-7-9-10/h5-9,15H,3-4H2,1-2H3. The average molecular weight is 221 g/mol. The third-order valence-corrected chi connectivity index (χ3v) is 2.32. The summed E-state index contributed by atoms with van der Waals surface area (Å²) in [5.74, 6) is 0. The molecule has 0 unspecified atom stereocenters. The van der Waals surface area contributed by atoms with Gasteiger partial charge in [0, 0.05) is 13.1 Å². The molecule has 0 aromatic heterocycles. The fourth-order valence-corrected chi connectivity index (χ4v) is 1.34. The van der Waals surface area contributed by atoms with Crippen LogP contribution in [0.25, 0.3) is 0 Å². The fourth-order valence-electron chi connectivity index (χ4n) is 1.34. The van der Waals surface area contributed by atoms with Gasteiger partial charge in [0.05, 0.1) is 0 Å². The van der Waals surface area contributed by atoms with E-state index in [1.807, 2.05) is 19.9 Å². The molecule has 0 spiro atoms. The lowest BCUT2D eigenvalue weighted by molar-refractivity contribution is 0.150. The summed E-state index contributed by atoms with van der Waals surface area (Å²) < 4.78 is 4.92. The maximum absolute atomic E-state index is 11.5. The third-order valence-electron chi connectivity index (χ3n) is 2.32. The van der Waals surface area contributed by atoms with Gasteiger partial charge < -0.3 is 14.6 Å². The number of rotatable bonds is 4. The molecule has 1 aromatic rings. The van der Waals surface area contributed by atoms with Gasteiger partial charge in [0.15, 0.2) is 0 Å². The van der Waals surface area contributed by atoms with Crippen molar-refractivity contribution < 1.29 is 14.5 Å². The van der Waals surface area contributed by atoms with Gasteiger partial charge >= 0.3 is 13.2 Å². The molecule has 5 heteroatoms. The van der Waals surface area contributed by atoms with Crippen LogP contribution in [-0.2, 0) is 4.65 Å². The van der Waals surface area contributed by atoms with Crippen molar-refractivity contribution in [2.75, 3.05) is 13.1 Å². The Morgan fingerprint density at radius 1 is 1.31 bits per heavy atom. The van der Waals surface area contributed by atoms with Crippen LogP contribution in [0.2, 0.25) is 0 Å². The van der Waals surface area contributed by atoms with Crippen LogP contribution in [0.15, 0.2) is 30.3 Å². The Balaban J connectivity index is 2.58. The van der Waals surface area contributed by atoms with Gasteiger partial charge in [-0.2, -0.15) is 0 Å². The molecule has 1 aromatic carbocycles. The molecule has 86 valence electrons. The molecule has 1 amide bonds. The molecular weight excluding hydrogens is 205 g/mol. The Morgan fingerprint density at radius 2 is 1.88 bits per heavy atom. The molecule has 0 saturated carbocycles. The molecule has 0 heterocycles. The van der Waals surface area contributed by atoms with Crippen LogP contribution in [0.3, 0.4) is 0 Å². The molecular formula is C11H16BNO3. The van der Waals surface area contributed by atoms with E-state index < -0.39 is 13.2 Å². The number of hydrogen-bond donors (Lipinski definition) is 1. The van der Waals surface area contributed by atoms with Crippen LogP contribution in [-0.4, -0.2) is 36.2 Å². The van der Waals surface area contributed by atoms with Crippen LogP contribution in [0.4, 0.5) is 4.79 Å². The Bertz CT molecular complexity index is 327. The Kier molecular flexibility index (Phi) is 4.86. The minimum Gasteiger partial charge on any atom is -0.489 e. The van der Waals surface area contributed by atoms with Gasteiger partial charge in [0.2, 0.25) is 0 Å². The van der Waals surface area contributed by atoms with Crippen molar-refractivity contribution in [1.82, 2.24) is 4.90 Å². The lowest BCUT2D eigenvalue weighted by atomic mass is 9.80. The van der Waals surface area contributed by atoms with E-state index >= 15 is 0 Å². The quantitative estimate of drug-likeness (QED) is 0.767. The van der Waals surface area contributed by atoms with Gasteiger partial charge in [-0.1, -0.05) is 30.3 Å². The summed E-state index contributed by atoms with van der Waals surface area (Å²) in [6.45, 7) is 4.85. The normalized spacial score (nSPS) is 9.69. The summed E-state index contributed by atoms with van der Waals surface area (Å²) in [4.78, 5) is 13.0. The zero-order chi connectivity index (χ0) is 12.0. The van der Waals surface area contributed by atoms with E-state index in [9.17, 15) is 9.82 Å². The topological polar surface area (TPSA) is 49.8 Å². The molecule has 0 aliphatic heterocycles. The zero-order valence-corrected chi connectivity index (χ0v) is 9.59. The first-order chi connectivity index (χ1) is 7.69. The highest BCUT2D eigenvalue weighted by molar-refractivity contribution is 6.61. The Labute approximate surface area is 96.0 Å². The first-order valence-corrected chi connectivity index (χ1v) is 5.37. The van der Waals surface area contributed by atoms with Crippen molar-refractivity contribution in [2.45, 2.75) is 13.8 Å². The molecule has 0 aliphatic rings. The first-order valence-electron chi connectivity index (χ1n) is 5.37. The van der Waals surface area contributed by atoms with Gasteiger partial charge in [0.25, 0.3) is 0 Å². The van der Waals surface area contributed by atoms with Gasteiger partial charge in [-0.15, -0.1) is 0 Å². The summed E-state index contributed by atoms with van der Waals surface area (Å²) in [6, 6.07) is 8.82. The van der Waals surface area contributed by atoms with E-state index in [-0.39, 0.29) is 0 Å². The predicted octanol–water partition coefficient (Wildman–Crippen LogP) is 0.852. The largest absolute Gasteiger partial charge is 0.563 e. The van der Waals surface area contributed by atoms with Gasteiger partial charge in [-0.25, -0.2) is 4.79 Å². The molecule has 0 fully saturated rings. The third kappa shape index (κ3) is 3.27. The number of benzene rings is 1. The van der Waals surface area contributed by atoms with Crippen LogP contribution >= 0.6 is 0 Å². The van der Waals surface area contributed by atoms with Crippen molar-refractivity contribution in [3.8, 4) is 0 Å². The molecule has 0 bridgehead atoms. The van der Waals surface area contributed by atoms with Crippen LogP contribution in [0, 0.1) is 0 Å². The summed E-state index contributed by atoms with van der Waals surface area (Å²) in [5, 5.41) is 9.66. The summed E-state index contributed by atoms with van der Waals surface area (Å²) in [7, 11) is -1.20. The molecule has 16 heavy (non-hydrogen) atoms. The average Bonchev–Trinajstić information content (AvgIpc) is 2.31. The number of carbonyl (C=O) groups excluding carboxylic acids is 1. The molecule has 0 saturated heterocycles. The molecule has 0 atom stereocenters.